The van der Waals surface area contributed by atoms with Crippen LogP contribution in [0.5, 0.6) is 0 Å². The predicted molar refractivity (Wildman–Crippen MR) is 80.2 cm³/mol. The van der Waals surface area contributed by atoms with Crippen LogP contribution in [0.15, 0.2) is 36.5 Å². The van der Waals surface area contributed by atoms with Gasteiger partial charge in [-0.25, -0.2) is 8.78 Å². The third kappa shape index (κ3) is 4.60. The number of pyridine rings is 1. The van der Waals surface area contributed by atoms with Crippen LogP contribution in [-0.4, -0.2) is 18.1 Å². The zero-order valence-corrected chi connectivity index (χ0v) is 12.4. The van der Waals surface area contributed by atoms with E-state index in [-0.39, 0.29) is 6.04 Å². The highest BCUT2D eigenvalue weighted by atomic mass is 19.1. The Labute approximate surface area is 124 Å². The molecule has 4 heteroatoms. The highest BCUT2D eigenvalue weighted by Gasteiger charge is 2.11. The highest BCUT2D eigenvalue weighted by Crippen LogP contribution is 2.12. The summed E-state index contributed by atoms with van der Waals surface area (Å²) in [6.07, 6.45) is 4.12. The molecule has 0 radical (unpaired) electrons. The molecule has 1 heterocycles. The van der Waals surface area contributed by atoms with Crippen molar-refractivity contribution in [1.82, 2.24) is 10.3 Å². The first-order chi connectivity index (χ1) is 10.1. The van der Waals surface area contributed by atoms with Gasteiger partial charge < -0.3 is 5.32 Å². The summed E-state index contributed by atoms with van der Waals surface area (Å²) in [5.41, 5.74) is 2.83. The molecule has 21 heavy (non-hydrogen) atoms. The van der Waals surface area contributed by atoms with Crippen molar-refractivity contribution in [3.63, 3.8) is 0 Å². The van der Waals surface area contributed by atoms with Crippen LogP contribution in [0.4, 0.5) is 8.78 Å². The van der Waals surface area contributed by atoms with Gasteiger partial charge in [0.15, 0.2) is 0 Å². The lowest BCUT2D eigenvalue weighted by atomic mass is 10.0. The Morgan fingerprint density at radius 1 is 1.05 bits per heavy atom. The van der Waals surface area contributed by atoms with Crippen LogP contribution in [0, 0.1) is 11.6 Å². The number of aryl methyl sites for hydroxylation is 1. The second-order valence-electron chi connectivity index (χ2n) is 5.18. The summed E-state index contributed by atoms with van der Waals surface area (Å²) in [4.78, 5) is 4.43. The predicted octanol–water partition coefficient (Wildman–Crippen LogP) is 3.30. The van der Waals surface area contributed by atoms with Gasteiger partial charge in [-0.05, 0) is 49.2 Å². The van der Waals surface area contributed by atoms with Crippen molar-refractivity contribution in [3.05, 3.63) is 65.0 Å². The van der Waals surface area contributed by atoms with Gasteiger partial charge in [0.05, 0.1) is 0 Å². The van der Waals surface area contributed by atoms with E-state index in [0.29, 0.717) is 12.0 Å². The molecule has 0 saturated carbocycles. The van der Waals surface area contributed by atoms with E-state index >= 15 is 0 Å². The molecule has 0 aliphatic carbocycles. The average molecular weight is 290 g/mol. The maximum Gasteiger partial charge on any atom is 0.126 e. The van der Waals surface area contributed by atoms with Gasteiger partial charge in [0.2, 0.25) is 0 Å². The van der Waals surface area contributed by atoms with Gasteiger partial charge in [-0.15, -0.1) is 0 Å². The van der Waals surface area contributed by atoms with E-state index in [4.69, 9.17) is 0 Å². The van der Waals surface area contributed by atoms with Crippen LogP contribution >= 0.6 is 0 Å². The summed E-state index contributed by atoms with van der Waals surface area (Å²) >= 11 is 0. The van der Waals surface area contributed by atoms with Crippen LogP contribution in [0.1, 0.15) is 23.7 Å². The lowest BCUT2D eigenvalue weighted by Gasteiger charge is -2.16. The van der Waals surface area contributed by atoms with Crippen LogP contribution in [0.2, 0.25) is 0 Å². The number of nitrogens with zero attached hydrogens (tertiary/aromatic N) is 1. The molecule has 0 saturated heterocycles. The second kappa shape index (κ2) is 7.27. The number of hydrogen-bond acceptors (Lipinski definition) is 2. The maximum atomic E-state index is 13.2. The Hall–Kier alpha value is -1.81. The quantitative estimate of drug-likeness (QED) is 0.883. The number of halogens is 2. The highest BCUT2D eigenvalue weighted by molar-refractivity contribution is 5.20. The zero-order valence-electron chi connectivity index (χ0n) is 12.4. The lowest BCUT2D eigenvalue weighted by molar-refractivity contribution is 0.539. The third-order valence-corrected chi connectivity index (χ3v) is 3.56. The Balaban J connectivity index is 2.05. The molecule has 2 aromatic rings. The van der Waals surface area contributed by atoms with Crippen LogP contribution < -0.4 is 5.32 Å². The van der Waals surface area contributed by atoms with Crippen LogP contribution in [0.25, 0.3) is 0 Å². The molecule has 1 N–H and O–H groups in total. The first-order valence-electron chi connectivity index (χ1n) is 7.16. The molecule has 2 nitrogen and oxygen atoms in total. The number of likely N-dealkylation sites (N-methyl/N-ethyl adjacent to an activating group) is 1. The fraction of sp³-hybridized carbons (Fsp3) is 0.353. The lowest BCUT2D eigenvalue weighted by Crippen LogP contribution is -2.30. The number of hydrogen-bond donors (Lipinski definition) is 1. The Morgan fingerprint density at radius 2 is 1.76 bits per heavy atom. The molecule has 0 aliphatic rings. The standard InChI is InChI=1S/C17H20F2N2/c1-3-12-4-5-16(21-11-12)10-17(20-2)8-13-6-14(18)9-15(19)7-13/h4-7,9,11,17,20H,3,8,10H2,1-2H3. The summed E-state index contributed by atoms with van der Waals surface area (Å²) in [5.74, 6) is -1.07. The van der Waals surface area contributed by atoms with Gasteiger partial charge in [-0.2, -0.15) is 0 Å². The largest absolute Gasteiger partial charge is 0.316 e. The first kappa shape index (κ1) is 15.6. The van der Waals surface area contributed by atoms with E-state index in [2.05, 4.69) is 23.3 Å². The average Bonchev–Trinajstić information content (AvgIpc) is 2.46. The molecule has 0 amide bonds. The van der Waals surface area contributed by atoms with E-state index in [0.717, 1.165) is 24.6 Å². The molecule has 0 spiro atoms. The first-order valence-corrected chi connectivity index (χ1v) is 7.16. The van der Waals surface area contributed by atoms with Crippen molar-refractivity contribution >= 4 is 0 Å². The molecule has 0 fully saturated rings. The van der Waals surface area contributed by atoms with Gasteiger partial charge >= 0.3 is 0 Å². The Morgan fingerprint density at radius 3 is 2.29 bits per heavy atom. The van der Waals surface area contributed by atoms with Crippen molar-refractivity contribution in [2.75, 3.05) is 7.05 Å². The van der Waals surface area contributed by atoms with Crippen LogP contribution in [-0.2, 0) is 19.3 Å². The van der Waals surface area contributed by atoms with Crippen molar-refractivity contribution < 1.29 is 8.78 Å². The topological polar surface area (TPSA) is 24.9 Å². The molecular weight excluding hydrogens is 270 g/mol. The maximum absolute atomic E-state index is 13.2. The zero-order chi connectivity index (χ0) is 15.2. The summed E-state index contributed by atoms with van der Waals surface area (Å²) in [5, 5.41) is 3.18. The van der Waals surface area contributed by atoms with Crippen molar-refractivity contribution in [2.45, 2.75) is 32.2 Å². The van der Waals surface area contributed by atoms with Gasteiger partial charge in [-0.3, -0.25) is 4.98 Å². The number of nitrogens with one attached hydrogen (secondary N) is 1. The fourth-order valence-corrected chi connectivity index (χ4v) is 2.33. The number of benzene rings is 1. The van der Waals surface area contributed by atoms with Gasteiger partial charge in [0.1, 0.15) is 11.6 Å². The summed E-state index contributed by atoms with van der Waals surface area (Å²) in [6.45, 7) is 2.09. The van der Waals surface area contributed by atoms with Crippen molar-refractivity contribution in [1.29, 1.82) is 0 Å². The SMILES string of the molecule is CCc1ccc(CC(Cc2cc(F)cc(F)c2)NC)nc1. The fourth-order valence-electron chi connectivity index (χ4n) is 2.33. The van der Waals surface area contributed by atoms with Gasteiger partial charge in [-0.1, -0.05) is 13.0 Å². The third-order valence-electron chi connectivity index (χ3n) is 3.56. The molecule has 0 bridgehead atoms. The molecule has 1 atom stereocenters. The Bertz CT molecular complexity index is 562. The number of rotatable bonds is 6. The van der Waals surface area contributed by atoms with Crippen LogP contribution in [0.3, 0.4) is 0 Å². The van der Waals surface area contributed by atoms with E-state index in [1.165, 1.54) is 17.7 Å². The van der Waals surface area contributed by atoms with Crippen molar-refractivity contribution in [2.24, 2.45) is 0 Å². The number of aromatic nitrogens is 1. The minimum absolute atomic E-state index is 0.0891. The second-order valence-corrected chi connectivity index (χ2v) is 5.18. The molecule has 2 rings (SSSR count). The minimum atomic E-state index is -0.537. The normalized spacial score (nSPS) is 12.4. The van der Waals surface area contributed by atoms with Gasteiger partial charge in [0.25, 0.3) is 0 Å². The molecule has 0 aliphatic heterocycles. The van der Waals surface area contributed by atoms with Gasteiger partial charge in [0, 0.05) is 30.4 Å². The van der Waals surface area contributed by atoms with E-state index < -0.39 is 11.6 Å². The van der Waals surface area contributed by atoms with E-state index in [1.807, 2.05) is 19.3 Å². The minimum Gasteiger partial charge on any atom is -0.316 e. The van der Waals surface area contributed by atoms with Crippen molar-refractivity contribution in [3.8, 4) is 0 Å². The Kier molecular flexibility index (Phi) is 5.39. The molecule has 1 aromatic carbocycles. The smallest absolute Gasteiger partial charge is 0.126 e. The molecule has 1 unspecified atom stereocenters. The molecule has 1 aromatic heterocycles. The monoisotopic (exact) mass is 290 g/mol. The molecular formula is C17H20F2N2. The molecule has 112 valence electrons. The van der Waals surface area contributed by atoms with E-state index in [9.17, 15) is 8.78 Å². The van der Waals surface area contributed by atoms with E-state index in [1.54, 1.807) is 0 Å². The summed E-state index contributed by atoms with van der Waals surface area (Å²) in [6, 6.07) is 7.81. The summed E-state index contributed by atoms with van der Waals surface area (Å²) in [7, 11) is 1.85. The summed E-state index contributed by atoms with van der Waals surface area (Å²) < 4.78 is 26.4.